The van der Waals surface area contributed by atoms with E-state index in [4.69, 9.17) is 0 Å². The highest BCUT2D eigenvalue weighted by molar-refractivity contribution is 7.80. The molecule has 0 bridgehead atoms. The Morgan fingerprint density at radius 3 is 2.28 bits per heavy atom. The summed E-state index contributed by atoms with van der Waals surface area (Å²) in [5, 5.41) is 0. The molecule has 0 saturated heterocycles. The van der Waals surface area contributed by atoms with E-state index >= 15 is 0 Å². The fraction of sp³-hybridized carbons (Fsp3) is 0.533. The van der Waals surface area contributed by atoms with Gasteiger partial charge < -0.3 is 4.55 Å². The highest BCUT2D eigenvalue weighted by atomic mass is 32.3. The number of aryl methyl sites for hydroxylation is 2. The van der Waals surface area contributed by atoms with Crippen LogP contribution in [0.15, 0.2) is 24.3 Å². The van der Waals surface area contributed by atoms with Crippen LogP contribution in [-0.4, -0.2) is 24.6 Å². The second kappa shape index (κ2) is 8.63. The molecule has 0 aliphatic rings. The van der Waals surface area contributed by atoms with Crippen LogP contribution in [0.2, 0.25) is 0 Å². The third kappa shape index (κ3) is 5.98. The Bertz CT molecular complexity index is 801. The second-order valence-electron chi connectivity index (χ2n) is 5.30. The van der Waals surface area contributed by atoms with Crippen molar-refractivity contribution in [3.63, 3.8) is 0 Å². The summed E-state index contributed by atoms with van der Waals surface area (Å²) in [6, 6.07) is 7.01. The van der Waals surface area contributed by atoms with Crippen LogP contribution < -0.4 is 4.57 Å². The van der Waals surface area contributed by atoms with Gasteiger partial charge in [-0.15, -0.1) is 0 Å². The molecule has 0 saturated carbocycles. The standard InChI is InChI=1S/C14H18F3N2.CH4O4S/c1-3-4-7-10-19-12-9-6-5-8-11(12)18(2)13(19)14(15,16)17;1-5-6(2,3)4/h5-6,8-9H,3-4,7,10H2,1-2H3;1H3,(H,2,3,4)/q+1;/p-1. The number of fused-ring (bicyclic) bond motifs is 1. The summed E-state index contributed by atoms with van der Waals surface area (Å²) in [6.07, 6.45) is -1.64. The Morgan fingerprint density at radius 2 is 1.80 bits per heavy atom. The van der Waals surface area contributed by atoms with Gasteiger partial charge >= 0.3 is 12.0 Å². The molecule has 0 spiro atoms. The average Bonchev–Trinajstić information content (AvgIpc) is 2.81. The number of benzene rings is 1. The number of para-hydroxylation sites is 2. The fourth-order valence-corrected chi connectivity index (χ4v) is 2.47. The topological polar surface area (TPSA) is 75.2 Å². The predicted octanol–water partition coefficient (Wildman–Crippen LogP) is 2.77. The highest BCUT2D eigenvalue weighted by Gasteiger charge is 2.45. The molecule has 0 aliphatic carbocycles. The molecule has 0 unspecified atom stereocenters. The Hall–Kier alpha value is -1.65. The van der Waals surface area contributed by atoms with Crippen LogP contribution in [0, 0.1) is 0 Å². The second-order valence-corrected chi connectivity index (χ2v) is 6.45. The number of unbranched alkanes of at least 4 members (excludes halogenated alkanes) is 2. The van der Waals surface area contributed by atoms with Gasteiger partial charge in [0.15, 0.2) is 11.0 Å². The minimum Gasteiger partial charge on any atom is -0.726 e. The van der Waals surface area contributed by atoms with E-state index in [1.807, 2.05) is 6.92 Å². The first kappa shape index (κ1) is 21.4. The molecule has 6 nitrogen and oxygen atoms in total. The molecule has 1 aromatic carbocycles. The van der Waals surface area contributed by atoms with Gasteiger partial charge in [0.2, 0.25) is 10.4 Å². The number of rotatable bonds is 5. The molecule has 25 heavy (non-hydrogen) atoms. The smallest absolute Gasteiger partial charge is 0.495 e. The van der Waals surface area contributed by atoms with Crippen molar-refractivity contribution >= 4 is 21.4 Å². The number of aromatic nitrogens is 2. The number of imidazole rings is 1. The molecule has 0 N–H and O–H groups in total. The molecule has 0 radical (unpaired) electrons. The Morgan fingerprint density at radius 1 is 1.24 bits per heavy atom. The summed E-state index contributed by atoms with van der Waals surface area (Å²) in [7, 11) is -2.13. The van der Waals surface area contributed by atoms with Crippen LogP contribution in [0.3, 0.4) is 0 Å². The normalized spacial score (nSPS) is 12.1. The summed E-state index contributed by atoms with van der Waals surface area (Å²) >= 11 is 0. The molecule has 0 amide bonds. The van der Waals surface area contributed by atoms with Crippen molar-refractivity contribution in [2.45, 2.75) is 38.9 Å². The lowest BCUT2D eigenvalue weighted by atomic mass is 10.2. The molecular weight excluding hydrogens is 361 g/mol. The van der Waals surface area contributed by atoms with E-state index in [2.05, 4.69) is 4.18 Å². The van der Waals surface area contributed by atoms with Crippen LogP contribution in [0.25, 0.3) is 11.0 Å². The number of alkyl halides is 3. The maximum atomic E-state index is 13.2. The molecule has 1 aromatic heterocycles. The third-order valence-corrected chi connectivity index (χ3v) is 3.96. The molecule has 0 aliphatic heterocycles. The number of nitrogens with zero attached hydrogens (tertiary/aromatic N) is 2. The Labute approximate surface area is 144 Å². The average molecular weight is 382 g/mol. The van der Waals surface area contributed by atoms with Crippen LogP contribution >= 0.6 is 0 Å². The number of halogens is 3. The SMILES string of the molecule is CCCCCn1c(C(F)(F)F)[n+](C)c2ccccc21.COS(=O)(=O)[O-]. The van der Waals surface area contributed by atoms with E-state index in [1.54, 1.807) is 24.3 Å². The largest absolute Gasteiger partial charge is 0.726 e. The Balaban J connectivity index is 0.000000450. The molecule has 142 valence electrons. The zero-order valence-corrected chi connectivity index (χ0v) is 15.0. The van der Waals surface area contributed by atoms with Crippen molar-refractivity contribution in [3.05, 3.63) is 30.1 Å². The van der Waals surface area contributed by atoms with Crippen molar-refractivity contribution in [1.82, 2.24) is 4.57 Å². The molecule has 1 heterocycles. The van der Waals surface area contributed by atoms with Crippen LogP contribution in [0.4, 0.5) is 13.2 Å². The van der Waals surface area contributed by atoms with Gasteiger partial charge in [0.1, 0.15) is 0 Å². The summed E-state index contributed by atoms with van der Waals surface area (Å²) in [4.78, 5) is 0. The van der Waals surface area contributed by atoms with Gasteiger partial charge in [-0.3, -0.25) is 4.18 Å². The van der Waals surface area contributed by atoms with Gasteiger partial charge in [0.25, 0.3) is 0 Å². The van der Waals surface area contributed by atoms with Gasteiger partial charge in [-0.25, -0.2) is 17.6 Å². The lowest BCUT2D eigenvalue weighted by Crippen LogP contribution is -2.38. The lowest BCUT2D eigenvalue weighted by Gasteiger charge is -2.05. The lowest BCUT2D eigenvalue weighted by molar-refractivity contribution is -0.667. The van der Waals surface area contributed by atoms with Crippen molar-refractivity contribution in [1.29, 1.82) is 0 Å². The molecule has 2 rings (SSSR count). The zero-order chi connectivity index (χ0) is 19.3. The quantitative estimate of drug-likeness (QED) is 0.345. The monoisotopic (exact) mass is 382 g/mol. The molecule has 10 heteroatoms. The van der Waals surface area contributed by atoms with E-state index in [-0.39, 0.29) is 0 Å². The fourth-order valence-electron chi connectivity index (χ4n) is 2.47. The maximum Gasteiger partial charge on any atom is 0.495 e. The van der Waals surface area contributed by atoms with Crippen LogP contribution in [0.1, 0.15) is 32.0 Å². The minimum absolute atomic E-state index is 0.407. The van der Waals surface area contributed by atoms with Gasteiger partial charge in [-0.1, -0.05) is 25.5 Å². The van der Waals surface area contributed by atoms with Crippen LogP contribution in [0.5, 0.6) is 0 Å². The first-order valence-corrected chi connectivity index (χ1v) is 8.92. The van der Waals surface area contributed by atoms with Crippen molar-refractivity contribution in [2.75, 3.05) is 7.11 Å². The third-order valence-electron chi connectivity index (χ3n) is 3.55. The minimum atomic E-state index is -4.41. The van der Waals surface area contributed by atoms with Crippen molar-refractivity contribution in [2.24, 2.45) is 7.05 Å². The first-order valence-electron chi connectivity index (χ1n) is 7.58. The number of hydrogen-bond donors (Lipinski definition) is 0. The summed E-state index contributed by atoms with van der Waals surface area (Å²) in [6.45, 7) is 2.45. The summed E-state index contributed by atoms with van der Waals surface area (Å²) in [5.41, 5.74) is 1.26. The highest BCUT2D eigenvalue weighted by Crippen LogP contribution is 2.30. The van der Waals surface area contributed by atoms with Crippen molar-refractivity contribution in [3.8, 4) is 0 Å². The van der Waals surface area contributed by atoms with Gasteiger partial charge in [-0.2, -0.15) is 13.2 Å². The summed E-state index contributed by atoms with van der Waals surface area (Å²) < 4.78 is 73.3. The van der Waals surface area contributed by atoms with E-state index in [9.17, 15) is 26.1 Å². The molecule has 2 aromatic rings. The number of hydrogen-bond acceptors (Lipinski definition) is 4. The van der Waals surface area contributed by atoms with E-state index < -0.39 is 22.4 Å². The maximum absolute atomic E-state index is 13.2. The molecule has 0 fully saturated rings. The Kier molecular flexibility index (Phi) is 7.39. The first-order chi connectivity index (χ1) is 11.5. The molecule has 0 atom stereocenters. The zero-order valence-electron chi connectivity index (χ0n) is 14.2. The summed E-state index contributed by atoms with van der Waals surface area (Å²) in [5.74, 6) is -0.579. The van der Waals surface area contributed by atoms with Crippen molar-refractivity contribution < 1.29 is 34.9 Å². The van der Waals surface area contributed by atoms with Crippen LogP contribution in [-0.2, 0) is 34.4 Å². The van der Waals surface area contributed by atoms with Gasteiger partial charge in [0.05, 0.1) is 20.7 Å². The van der Waals surface area contributed by atoms with E-state index in [1.165, 1.54) is 16.2 Å². The van der Waals surface area contributed by atoms with Gasteiger partial charge in [-0.05, 0) is 25.0 Å². The molecular formula is C15H21F3N2O4S. The predicted molar refractivity (Wildman–Crippen MR) is 84.3 cm³/mol. The van der Waals surface area contributed by atoms with E-state index in [0.29, 0.717) is 17.6 Å². The van der Waals surface area contributed by atoms with Gasteiger partial charge in [0, 0.05) is 0 Å². The van der Waals surface area contributed by atoms with E-state index in [0.717, 1.165) is 26.4 Å².